The van der Waals surface area contributed by atoms with E-state index in [4.69, 9.17) is 5.21 Å². The minimum atomic E-state index is -0.363. The summed E-state index contributed by atoms with van der Waals surface area (Å²) < 4.78 is 0. The summed E-state index contributed by atoms with van der Waals surface area (Å²) in [5, 5.41) is 8.10. The predicted octanol–water partition coefficient (Wildman–Crippen LogP) is 1.63. The molecule has 0 aliphatic rings. The molecule has 0 aromatic rings. The van der Waals surface area contributed by atoms with E-state index in [1.165, 1.54) is 0 Å². The lowest BCUT2D eigenvalue weighted by atomic mass is 10.2. The second kappa shape index (κ2) is 7.28. The van der Waals surface area contributed by atoms with Crippen molar-refractivity contribution in [3.8, 4) is 0 Å². The maximum Gasteiger partial charge on any atom is 0.247 e. The van der Waals surface area contributed by atoms with Gasteiger partial charge in [-0.25, -0.2) is 5.48 Å². The van der Waals surface area contributed by atoms with Crippen LogP contribution in [-0.4, -0.2) is 11.1 Å². The zero-order valence-electron chi connectivity index (χ0n) is 6.84. The van der Waals surface area contributed by atoms with Crippen molar-refractivity contribution in [3.63, 3.8) is 0 Å². The van der Waals surface area contributed by atoms with Gasteiger partial charge in [0.05, 0.1) is 0 Å². The molecule has 0 aromatic heterocycles. The van der Waals surface area contributed by atoms with Crippen LogP contribution < -0.4 is 5.48 Å². The molecule has 3 heteroatoms. The smallest absolute Gasteiger partial charge is 0.247 e. The normalized spacial score (nSPS) is 10.4. The Morgan fingerprint density at radius 3 is 2.82 bits per heavy atom. The lowest BCUT2D eigenvalue weighted by Crippen LogP contribution is -2.16. The highest BCUT2D eigenvalue weighted by Crippen LogP contribution is 1.95. The molecular weight excluding hydrogens is 142 g/mol. The van der Waals surface area contributed by atoms with E-state index >= 15 is 0 Å². The van der Waals surface area contributed by atoms with E-state index in [2.05, 4.69) is 6.92 Å². The standard InChI is InChI=1S/C8H15NO2/c1-2-3-4-5-6-7-8(10)9-11/h5-6,11H,2-4,7H2,1H3,(H,9,10). The van der Waals surface area contributed by atoms with Gasteiger partial charge in [0.1, 0.15) is 0 Å². The van der Waals surface area contributed by atoms with Gasteiger partial charge >= 0.3 is 0 Å². The van der Waals surface area contributed by atoms with Crippen molar-refractivity contribution in [2.75, 3.05) is 0 Å². The number of rotatable bonds is 5. The lowest BCUT2D eigenvalue weighted by molar-refractivity contribution is -0.128. The Labute approximate surface area is 67.1 Å². The summed E-state index contributed by atoms with van der Waals surface area (Å²) in [7, 11) is 0. The summed E-state index contributed by atoms with van der Waals surface area (Å²) in [6.45, 7) is 2.12. The summed E-state index contributed by atoms with van der Waals surface area (Å²) in [6.07, 6.45) is 7.31. The van der Waals surface area contributed by atoms with E-state index in [0.29, 0.717) is 0 Å². The number of hydrogen-bond acceptors (Lipinski definition) is 2. The molecule has 11 heavy (non-hydrogen) atoms. The summed E-state index contributed by atoms with van der Waals surface area (Å²) in [5.41, 5.74) is 1.57. The highest BCUT2D eigenvalue weighted by atomic mass is 16.5. The van der Waals surface area contributed by atoms with Crippen LogP contribution in [0.4, 0.5) is 0 Å². The topological polar surface area (TPSA) is 49.3 Å². The first-order valence-corrected chi connectivity index (χ1v) is 3.89. The van der Waals surface area contributed by atoms with Gasteiger partial charge in [-0.1, -0.05) is 31.9 Å². The third-order valence-corrected chi connectivity index (χ3v) is 1.32. The lowest BCUT2D eigenvalue weighted by Gasteiger charge is -1.91. The van der Waals surface area contributed by atoms with Crippen molar-refractivity contribution in [2.45, 2.75) is 32.6 Å². The van der Waals surface area contributed by atoms with Crippen molar-refractivity contribution in [1.82, 2.24) is 5.48 Å². The Morgan fingerprint density at radius 1 is 1.55 bits per heavy atom. The zero-order valence-corrected chi connectivity index (χ0v) is 6.84. The van der Waals surface area contributed by atoms with Crippen molar-refractivity contribution < 1.29 is 10.0 Å². The first-order valence-electron chi connectivity index (χ1n) is 3.89. The van der Waals surface area contributed by atoms with Crippen LogP contribution in [0.1, 0.15) is 32.6 Å². The quantitative estimate of drug-likeness (QED) is 0.276. The van der Waals surface area contributed by atoms with Crippen molar-refractivity contribution in [2.24, 2.45) is 0 Å². The Morgan fingerprint density at radius 2 is 2.27 bits per heavy atom. The van der Waals surface area contributed by atoms with Crippen LogP contribution >= 0.6 is 0 Å². The number of hydroxylamine groups is 1. The molecular formula is C8H15NO2. The third kappa shape index (κ3) is 7.06. The van der Waals surface area contributed by atoms with Gasteiger partial charge in [0.25, 0.3) is 0 Å². The van der Waals surface area contributed by atoms with Gasteiger partial charge in [0, 0.05) is 6.42 Å². The maximum atomic E-state index is 10.4. The SMILES string of the molecule is CCCCC=CCC(=O)NO. The molecule has 0 aliphatic carbocycles. The molecule has 0 aromatic carbocycles. The molecule has 0 radical (unpaired) electrons. The third-order valence-electron chi connectivity index (χ3n) is 1.32. The Kier molecular flexibility index (Phi) is 6.73. The average Bonchev–Trinajstić information content (AvgIpc) is 2.04. The van der Waals surface area contributed by atoms with Gasteiger partial charge < -0.3 is 0 Å². The molecule has 3 nitrogen and oxygen atoms in total. The number of allylic oxidation sites excluding steroid dienone is 1. The second-order valence-electron chi connectivity index (χ2n) is 2.35. The van der Waals surface area contributed by atoms with Crippen LogP contribution in [0.5, 0.6) is 0 Å². The van der Waals surface area contributed by atoms with Gasteiger partial charge in [-0.2, -0.15) is 0 Å². The second-order valence-corrected chi connectivity index (χ2v) is 2.35. The Bertz CT molecular complexity index is 132. The summed E-state index contributed by atoms with van der Waals surface area (Å²) in [4.78, 5) is 10.4. The molecule has 0 spiro atoms. The number of amides is 1. The van der Waals surface area contributed by atoms with Crippen LogP contribution in [0, 0.1) is 0 Å². The van der Waals surface area contributed by atoms with E-state index in [0.717, 1.165) is 19.3 Å². The predicted molar refractivity (Wildman–Crippen MR) is 43.2 cm³/mol. The van der Waals surface area contributed by atoms with Gasteiger partial charge in [-0.3, -0.25) is 10.0 Å². The first-order chi connectivity index (χ1) is 5.31. The molecule has 1 amide bonds. The molecule has 0 bridgehead atoms. The van der Waals surface area contributed by atoms with Crippen molar-refractivity contribution in [1.29, 1.82) is 0 Å². The highest BCUT2D eigenvalue weighted by Gasteiger charge is 1.91. The monoisotopic (exact) mass is 157 g/mol. The molecule has 0 saturated carbocycles. The van der Waals surface area contributed by atoms with Crippen LogP contribution in [0.25, 0.3) is 0 Å². The fourth-order valence-corrected chi connectivity index (χ4v) is 0.676. The molecule has 2 N–H and O–H groups in total. The summed E-state index contributed by atoms with van der Waals surface area (Å²) in [6, 6.07) is 0. The van der Waals surface area contributed by atoms with Gasteiger partial charge in [0.2, 0.25) is 5.91 Å². The molecule has 0 rings (SSSR count). The van der Waals surface area contributed by atoms with Gasteiger partial charge in [-0.05, 0) is 6.42 Å². The summed E-state index contributed by atoms with van der Waals surface area (Å²) in [5.74, 6) is -0.363. The van der Waals surface area contributed by atoms with E-state index in [1.807, 2.05) is 6.08 Å². The molecule has 64 valence electrons. The molecule has 0 saturated heterocycles. The fraction of sp³-hybridized carbons (Fsp3) is 0.625. The zero-order chi connectivity index (χ0) is 8.53. The Hall–Kier alpha value is -0.830. The van der Waals surface area contributed by atoms with Gasteiger partial charge in [-0.15, -0.1) is 0 Å². The molecule has 0 heterocycles. The molecule has 0 unspecified atom stereocenters. The largest absolute Gasteiger partial charge is 0.289 e. The minimum Gasteiger partial charge on any atom is -0.289 e. The molecule has 0 atom stereocenters. The van der Waals surface area contributed by atoms with E-state index in [1.54, 1.807) is 11.6 Å². The average molecular weight is 157 g/mol. The number of carbonyl (C=O) groups excluding carboxylic acids is 1. The molecule has 0 fully saturated rings. The van der Waals surface area contributed by atoms with Crippen LogP contribution in [0.15, 0.2) is 12.2 Å². The highest BCUT2D eigenvalue weighted by molar-refractivity contribution is 5.76. The molecule has 0 aliphatic heterocycles. The maximum absolute atomic E-state index is 10.4. The first kappa shape index (κ1) is 10.2. The van der Waals surface area contributed by atoms with Gasteiger partial charge in [0.15, 0.2) is 0 Å². The van der Waals surface area contributed by atoms with Crippen molar-refractivity contribution in [3.05, 3.63) is 12.2 Å². The van der Waals surface area contributed by atoms with E-state index in [9.17, 15) is 4.79 Å². The van der Waals surface area contributed by atoms with E-state index in [-0.39, 0.29) is 12.3 Å². The number of nitrogens with one attached hydrogen (secondary N) is 1. The van der Waals surface area contributed by atoms with Crippen molar-refractivity contribution >= 4 is 5.91 Å². The number of hydrogen-bond donors (Lipinski definition) is 2. The van der Waals surface area contributed by atoms with Crippen LogP contribution in [0.2, 0.25) is 0 Å². The van der Waals surface area contributed by atoms with E-state index < -0.39 is 0 Å². The fourth-order valence-electron chi connectivity index (χ4n) is 0.676. The van der Waals surface area contributed by atoms with Crippen LogP contribution in [0.3, 0.4) is 0 Å². The summed E-state index contributed by atoms with van der Waals surface area (Å²) >= 11 is 0. The van der Waals surface area contributed by atoms with Crippen LogP contribution in [-0.2, 0) is 4.79 Å². The number of carbonyl (C=O) groups is 1. The number of unbranched alkanes of at least 4 members (excludes halogenated alkanes) is 2. The Balaban J connectivity index is 3.22. The minimum absolute atomic E-state index is 0.264.